The van der Waals surface area contributed by atoms with E-state index in [-0.39, 0.29) is 5.56 Å². The molecule has 0 aliphatic rings. The van der Waals surface area contributed by atoms with Crippen LogP contribution in [0.5, 0.6) is 0 Å². The molecule has 0 aliphatic heterocycles. The van der Waals surface area contributed by atoms with Gasteiger partial charge in [0.05, 0.1) is 16.7 Å². The molecule has 1 N–H and O–H groups in total. The molecule has 0 spiro atoms. The lowest BCUT2D eigenvalue weighted by Gasteiger charge is -2.03. The molecule has 3 aromatic rings. The molecule has 0 amide bonds. The van der Waals surface area contributed by atoms with E-state index < -0.39 is 0 Å². The number of hydrogen-bond acceptors (Lipinski definition) is 5. The molecular formula is C12H10ClN5OS. The van der Waals surface area contributed by atoms with E-state index in [0.717, 1.165) is 5.16 Å². The number of hydrogen-bond donors (Lipinski definition) is 1. The minimum atomic E-state index is -0.189. The second-order valence-electron chi connectivity index (χ2n) is 4.19. The molecule has 0 unspecified atom stereocenters. The number of nitrogens with one attached hydrogen (secondary N) is 1. The summed E-state index contributed by atoms with van der Waals surface area (Å²) in [6, 6.07) is 5.07. The fraction of sp³-hybridized carbons (Fsp3) is 0.167. The molecule has 6 nitrogen and oxygen atoms in total. The summed E-state index contributed by atoms with van der Waals surface area (Å²) in [5.41, 5.74) is 0.442. The van der Waals surface area contributed by atoms with Gasteiger partial charge in [-0.2, -0.15) is 0 Å². The maximum Gasteiger partial charge on any atom is 0.258 e. The molecule has 0 fully saturated rings. The number of nitrogens with zero attached hydrogens (tertiary/aromatic N) is 4. The van der Waals surface area contributed by atoms with E-state index in [1.165, 1.54) is 11.8 Å². The molecule has 20 heavy (non-hydrogen) atoms. The summed E-state index contributed by atoms with van der Waals surface area (Å²) < 4.78 is 1.81. The van der Waals surface area contributed by atoms with Crippen molar-refractivity contribution in [2.24, 2.45) is 7.05 Å². The number of aromatic amines is 1. The number of halogens is 1. The van der Waals surface area contributed by atoms with Crippen LogP contribution >= 0.6 is 23.4 Å². The van der Waals surface area contributed by atoms with Gasteiger partial charge in [0.1, 0.15) is 12.2 Å². The zero-order valence-electron chi connectivity index (χ0n) is 10.5. The molecule has 2 heterocycles. The van der Waals surface area contributed by atoms with Crippen molar-refractivity contribution < 1.29 is 0 Å². The summed E-state index contributed by atoms with van der Waals surface area (Å²) in [7, 11) is 1.86. The number of fused-ring (bicyclic) bond motifs is 1. The average molecular weight is 308 g/mol. The van der Waals surface area contributed by atoms with Crippen LogP contribution in [0.15, 0.2) is 34.5 Å². The highest BCUT2D eigenvalue weighted by molar-refractivity contribution is 7.98. The SMILES string of the molecule is Cn1cnnc1SCc1nc2ccc(Cl)cc2c(=O)[nH]1. The molecule has 0 saturated carbocycles. The lowest BCUT2D eigenvalue weighted by atomic mass is 10.2. The third-order valence-corrected chi connectivity index (χ3v) is 4.01. The minimum Gasteiger partial charge on any atom is -0.312 e. The second kappa shape index (κ2) is 5.26. The standard InChI is InChI=1S/C12H10ClN5OS/c1-18-6-14-17-12(18)20-5-10-15-9-3-2-7(13)4-8(9)11(19)16-10/h2-4,6H,5H2,1H3,(H,15,16,19). The van der Waals surface area contributed by atoms with Crippen molar-refractivity contribution in [3.63, 3.8) is 0 Å². The average Bonchev–Trinajstić information content (AvgIpc) is 2.83. The highest BCUT2D eigenvalue weighted by Gasteiger charge is 2.07. The maximum atomic E-state index is 12.0. The van der Waals surface area contributed by atoms with Crippen molar-refractivity contribution in [1.82, 2.24) is 24.7 Å². The molecule has 0 radical (unpaired) electrons. The lowest BCUT2D eigenvalue weighted by molar-refractivity contribution is 0.787. The topological polar surface area (TPSA) is 76.5 Å². The van der Waals surface area contributed by atoms with E-state index in [1.807, 2.05) is 11.6 Å². The largest absolute Gasteiger partial charge is 0.312 e. The molecule has 0 aliphatic carbocycles. The molecule has 1 aromatic carbocycles. The second-order valence-corrected chi connectivity index (χ2v) is 5.57. The molecule has 2 aromatic heterocycles. The third kappa shape index (κ3) is 2.54. The Bertz CT molecular complexity index is 828. The number of aryl methyl sites for hydroxylation is 1. The Morgan fingerprint density at radius 3 is 3.05 bits per heavy atom. The highest BCUT2D eigenvalue weighted by Crippen LogP contribution is 2.19. The Balaban J connectivity index is 1.91. The zero-order valence-corrected chi connectivity index (χ0v) is 12.1. The van der Waals surface area contributed by atoms with Crippen LogP contribution in [-0.2, 0) is 12.8 Å². The normalized spacial score (nSPS) is 11.1. The van der Waals surface area contributed by atoms with E-state index in [0.29, 0.717) is 27.5 Å². The van der Waals surface area contributed by atoms with Crippen molar-refractivity contribution in [2.45, 2.75) is 10.9 Å². The van der Waals surface area contributed by atoms with Crippen LogP contribution in [0, 0.1) is 0 Å². The smallest absolute Gasteiger partial charge is 0.258 e. The van der Waals surface area contributed by atoms with Crippen molar-refractivity contribution in [2.75, 3.05) is 0 Å². The monoisotopic (exact) mass is 307 g/mol. The van der Waals surface area contributed by atoms with Gasteiger partial charge in [-0.1, -0.05) is 23.4 Å². The van der Waals surface area contributed by atoms with Gasteiger partial charge in [0.2, 0.25) is 0 Å². The van der Waals surface area contributed by atoms with Crippen LogP contribution in [0.3, 0.4) is 0 Å². The summed E-state index contributed by atoms with van der Waals surface area (Å²) >= 11 is 7.33. The van der Waals surface area contributed by atoms with Crippen LogP contribution in [0.1, 0.15) is 5.82 Å². The van der Waals surface area contributed by atoms with Crippen molar-refractivity contribution in [1.29, 1.82) is 0 Å². The van der Waals surface area contributed by atoms with Gasteiger partial charge in [0.25, 0.3) is 5.56 Å². The lowest BCUT2D eigenvalue weighted by Crippen LogP contribution is -2.11. The Morgan fingerprint density at radius 1 is 1.45 bits per heavy atom. The number of rotatable bonds is 3. The first-order chi connectivity index (χ1) is 9.63. The van der Waals surface area contributed by atoms with Crippen LogP contribution in [-0.4, -0.2) is 24.7 Å². The molecule has 3 rings (SSSR count). The first-order valence-corrected chi connectivity index (χ1v) is 7.15. The summed E-state index contributed by atoms with van der Waals surface area (Å²) in [6.07, 6.45) is 1.63. The van der Waals surface area contributed by atoms with Crippen molar-refractivity contribution in [3.8, 4) is 0 Å². The highest BCUT2D eigenvalue weighted by atomic mass is 35.5. The Morgan fingerprint density at radius 2 is 2.30 bits per heavy atom. The zero-order chi connectivity index (χ0) is 14.1. The predicted molar refractivity (Wildman–Crippen MR) is 77.9 cm³/mol. The maximum absolute atomic E-state index is 12.0. The first-order valence-electron chi connectivity index (χ1n) is 5.79. The van der Waals surface area contributed by atoms with E-state index >= 15 is 0 Å². The molecule has 0 saturated heterocycles. The van der Waals surface area contributed by atoms with Gasteiger partial charge in [0.15, 0.2) is 5.16 Å². The summed E-state index contributed by atoms with van der Waals surface area (Å²) in [6.45, 7) is 0. The molecule has 0 atom stereocenters. The minimum absolute atomic E-state index is 0.189. The van der Waals surface area contributed by atoms with E-state index in [1.54, 1.807) is 24.5 Å². The van der Waals surface area contributed by atoms with Crippen molar-refractivity contribution >= 4 is 34.3 Å². The van der Waals surface area contributed by atoms with Crippen LogP contribution in [0.4, 0.5) is 0 Å². The molecule has 8 heteroatoms. The van der Waals surface area contributed by atoms with Crippen LogP contribution in [0.25, 0.3) is 10.9 Å². The van der Waals surface area contributed by atoms with E-state index in [2.05, 4.69) is 20.2 Å². The number of thioether (sulfide) groups is 1. The van der Waals surface area contributed by atoms with E-state index in [9.17, 15) is 4.79 Å². The quantitative estimate of drug-likeness (QED) is 0.749. The molecular weight excluding hydrogens is 298 g/mol. The van der Waals surface area contributed by atoms with Gasteiger partial charge in [-0.15, -0.1) is 10.2 Å². The third-order valence-electron chi connectivity index (χ3n) is 2.72. The molecule has 0 bridgehead atoms. The van der Waals surface area contributed by atoms with Gasteiger partial charge >= 0.3 is 0 Å². The van der Waals surface area contributed by atoms with Crippen LogP contribution in [0.2, 0.25) is 5.02 Å². The van der Waals surface area contributed by atoms with E-state index in [4.69, 9.17) is 11.6 Å². The Kier molecular flexibility index (Phi) is 3.45. The number of aromatic nitrogens is 5. The van der Waals surface area contributed by atoms with Crippen LogP contribution < -0.4 is 5.56 Å². The fourth-order valence-electron chi connectivity index (χ4n) is 1.76. The summed E-state index contributed by atoms with van der Waals surface area (Å²) in [5.74, 6) is 1.11. The van der Waals surface area contributed by atoms with Crippen molar-refractivity contribution in [3.05, 3.63) is 45.7 Å². The molecule has 102 valence electrons. The number of benzene rings is 1. The van der Waals surface area contributed by atoms with Gasteiger partial charge in [-0.25, -0.2) is 4.98 Å². The van der Waals surface area contributed by atoms with Gasteiger partial charge in [-0.05, 0) is 18.2 Å². The summed E-state index contributed by atoms with van der Waals surface area (Å²) in [4.78, 5) is 19.2. The first kappa shape index (κ1) is 13.1. The van der Waals surface area contributed by atoms with Gasteiger partial charge in [0, 0.05) is 12.1 Å². The van der Waals surface area contributed by atoms with Gasteiger partial charge in [-0.3, -0.25) is 4.79 Å². The Labute approximate surface area is 123 Å². The van der Waals surface area contributed by atoms with Gasteiger partial charge < -0.3 is 9.55 Å². The predicted octanol–water partition coefficient (Wildman–Crippen LogP) is 2.00. The number of H-pyrrole nitrogens is 1. The summed E-state index contributed by atoms with van der Waals surface area (Å²) in [5, 5.41) is 9.54. The fourth-order valence-corrected chi connectivity index (χ4v) is 2.69. The Hall–Kier alpha value is -1.86.